The Hall–Kier alpha value is -0.950. The molecule has 5 atom stereocenters. The zero-order valence-electron chi connectivity index (χ0n) is 14.5. The number of hydrogen-bond donors (Lipinski definition) is 4. The summed E-state index contributed by atoms with van der Waals surface area (Å²) in [5.74, 6) is -0.749. The lowest BCUT2D eigenvalue weighted by Gasteiger charge is -2.16. The summed E-state index contributed by atoms with van der Waals surface area (Å²) >= 11 is 0. The van der Waals surface area contributed by atoms with Crippen LogP contribution < -0.4 is 0 Å². The van der Waals surface area contributed by atoms with E-state index in [1.807, 2.05) is 6.92 Å². The first kappa shape index (κ1) is 21.1. The van der Waals surface area contributed by atoms with E-state index in [1.165, 1.54) is 0 Å². The SMILES string of the molecule is CC[C@@H](O)[C@@H]1C[C@H](O)[C@@H](/C=C/[C@H](O)CCCCCCCC(=O)O)O1. The van der Waals surface area contributed by atoms with Crippen molar-refractivity contribution in [3.8, 4) is 0 Å². The van der Waals surface area contributed by atoms with Crippen molar-refractivity contribution >= 4 is 5.97 Å². The molecule has 0 saturated carbocycles. The minimum atomic E-state index is -0.749. The molecule has 0 radical (unpaired) electrons. The van der Waals surface area contributed by atoms with Crippen molar-refractivity contribution in [1.82, 2.24) is 0 Å². The second kappa shape index (κ2) is 11.6. The van der Waals surface area contributed by atoms with Crippen LogP contribution in [0, 0.1) is 0 Å². The van der Waals surface area contributed by atoms with Crippen LogP contribution >= 0.6 is 0 Å². The maximum Gasteiger partial charge on any atom is 0.303 e. The van der Waals surface area contributed by atoms with E-state index in [-0.39, 0.29) is 12.5 Å². The maximum absolute atomic E-state index is 10.4. The summed E-state index contributed by atoms with van der Waals surface area (Å²) in [7, 11) is 0. The second-order valence-electron chi connectivity index (χ2n) is 6.57. The standard InChI is InChI=1S/C18H32O6/c1-2-14(20)17-12-15(21)16(24-17)11-10-13(19)8-6-4-3-5-7-9-18(22)23/h10-11,13-17,19-21H,2-9,12H2,1H3,(H,22,23)/b11-10+/t13-,14-,15+,16-,17+/m1/s1. The van der Waals surface area contributed by atoms with Gasteiger partial charge in [-0.2, -0.15) is 0 Å². The second-order valence-corrected chi connectivity index (χ2v) is 6.57. The Morgan fingerprint density at radius 3 is 2.54 bits per heavy atom. The molecule has 6 heteroatoms. The third kappa shape index (κ3) is 8.24. The highest BCUT2D eigenvalue weighted by molar-refractivity contribution is 5.66. The highest BCUT2D eigenvalue weighted by Crippen LogP contribution is 2.25. The summed E-state index contributed by atoms with van der Waals surface area (Å²) < 4.78 is 5.62. The fourth-order valence-electron chi connectivity index (χ4n) is 2.90. The minimum absolute atomic E-state index is 0.225. The molecule has 0 spiro atoms. The van der Waals surface area contributed by atoms with E-state index in [1.54, 1.807) is 12.2 Å². The highest BCUT2D eigenvalue weighted by atomic mass is 16.5. The van der Waals surface area contributed by atoms with Gasteiger partial charge in [-0.15, -0.1) is 0 Å². The largest absolute Gasteiger partial charge is 0.481 e. The number of carboxylic acids is 1. The zero-order chi connectivity index (χ0) is 17.9. The summed E-state index contributed by atoms with van der Waals surface area (Å²) in [6.45, 7) is 1.87. The number of hydrogen-bond acceptors (Lipinski definition) is 5. The molecule has 0 aromatic heterocycles. The lowest BCUT2D eigenvalue weighted by molar-refractivity contribution is -0.137. The monoisotopic (exact) mass is 344 g/mol. The Morgan fingerprint density at radius 2 is 1.88 bits per heavy atom. The van der Waals surface area contributed by atoms with Gasteiger partial charge < -0.3 is 25.2 Å². The first-order valence-electron chi connectivity index (χ1n) is 9.03. The van der Waals surface area contributed by atoms with Crippen molar-refractivity contribution in [2.45, 2.75) is 95.2 Å². The molecule has 4 N–H and O–H groups in total. The van der Waals surface area contributed by atoms with E-state index < -0.39 is 30.4 Å². The van der Waals surface area contributed by atoms with E-state index in [0.717, 1.165) is 25.7 Å². The van der Waals surface area contributed by atoms with Gasteiger partial charge in [-0.1, -0.05) is 44.8 Å². The smallest absolute Gasteiger partial charge is 0.303 e. The lowest BCUT2D eigenvalue weighted by Crippen LogP contribution is -2.25. The topological polar surface area (TPSA) is 107 Å². The van der Waals surface area contributed by atoms with Crippen LogP contribution in [0.2, 0.25) is 0 Å². The maximum atomic E-state index is 10.4. The summed E-state index contributed by atoms with van der Waals surface area (Å²) in [5, 5.41) is 38.2. The van der Waals surface area contributed by atoms with Crippen LogP contribution in [0.1, 0.15) is 64.7 Å². The number of aliphatic carboxylic acids is 1. The van der Waals surface area contributed by atoms with Gasteiger partial charge in [0.25, 0.3) is 0 Å². The number of aliphatic hydroxyl groups is 3. The molecule has 6 nitrogen and oxygen atoms in total. The summed E-state index contributed by atoms with van der Waals surface area (Å²) in [6, 6.07) is 0. The molecular weight excluding hydrogens is 312 g/mol. The molecule has 0 aromatic carbocycles. The Balaban J connectivity index is 2.15. The molecule has 1 aliphatic heterocycles. The van der Waals surface area contributed by atoms with Crippen molar-refractivity contribution < 1.29 is 30.0 Å². The number of carboxylic acid groups (broad SMARTS) is 1. The molecule has 1 aliphatic rings. The molecule has 0 aromatic rings. The molecule has 1 heterocycles. The molecule has 0 bridgehead atoms. The van der Waals surface area contributed by atoms with Gasteiger partial charge in [0.05, 0.1) is 24.4 Å². The third-order valence-electron chi connectivity index (χ3n) is 4.45. The Labute approximate surface area is 144 Å². The molecule has 1 rings (SSSR count). The van der Waals surface area contributed by atoms with E-state index in [2.05, 4.69) is 0 Å². The number of rotatable bonds is 12. The van der Waals surface area contributed by atoms with E-state index in [0.29, 0.717) is 25.7 Å². The summed E-state index contributed by atoms with van der Waals surface area (Å²) in [4.78, 5) is 10.4. The Kier molecular flexibility index (Phi) is 10.2. The molecule has 24 heavy (non-hydrogen) atoms. The molecular formula is C18H32O6. The van der Waals surface area contributed by atoms with Crippen LogP contribution in [0.25, 0.3) is 0 Å². The van der Waals surface area contributed by atoms with Crippen LogP contribution in [-0.4, -0.2) is 56.9 Å². The molecule has 0 aliphatic carbocycles. The third-order valence-corrected chi connectivity index (χ3v) is 4.45. The molecule has 0 amide bonds. The number of carbonyl (C=O) groups is 1. The fraction of sp³-hybridized carbons (Fsp3) is 0.833. The van der Waals surface area contributed by atoms with Crippen molar-refractivity contribution in [1.29, 1.82) is 0 Å². The average molecular weight is 344 g/mol. The van der Waals surface area contributed by atoms with Crippen LogP contribution in [0.4, 0.5) is 0 Å². The predicted molar refractivity (Wildman–Crippen MR) is 90.7 cm³/mol. The van der Waals surface area contributed by atoms with Crippen molar-refractivity contribution in [2.24, 2.45) is 0 Å². The first-order chi connectivity index (χ1) is 11.4. The molecule has 140 valence electrons. The number of ether oxygens (including phenoxy) is 1. The van der Waals surface area contributed by atoms with Crippen molar-refractivity contribution in [3.05, 3.63) is 12.2 Å². The van der Waals surface area contributed by atoms with Crippen molar-refractivity contribution in [3.63, 3.8) is 0 Å². The Morgan fingerprint density at radius 1 is 1.21 bits per heavy atom. The number of aliphatic hydroxyl groups excluding tert-OH is 3. The van der Waals surface area contributed by atoms with Gasteiger partial charge in [0.15, 0.2) is 0 Å². The van der Waals surface area contributed by atoms with E-state index in [9.17, 15) is 20.1 Å². The first-order valence-corrected chi connectivity index (χ1v) is 9.03. The molecule has 1 fully saturated rings. The van der Waals surface area contributed by atoms with Gasteiger partial charge in [0.2, 0.25) is 0 Å². The molecule has 0 unspecified atom stereocenters. The van der Waals surface area contributed by atoms with E-state index >= 15 is 0 Å². The lowest BCUT2D eigenvalue weighted by atomic mass is 10.0. The van der Waals surface area contributed by atoms with Gasteiger partial charge >= 0.3 is 5.97 Å². The van der Waals surface area contributed by atoms with Crippen LogP contribution in [0.3, 0.4) is 0 Å². The van der Waals surface area contributed by atoms with Gasteiger partial charge in [0.1, 0.15) is 6.10 Å². The van der Waals surface area contributed by atoms with Gasteiger partial charge in [-0.25, -0.2) is 0 Å². The average Bonchev–Trinajstić information content (AvgIpc) is 2.92. The normalized spacial score (nSPS) is 26.8. The van der Waals surface area contributed by atoms with Gasteiger partial charge in [-0.05, 0) is 19.3 Å². The fourth-order valence-corrected chi connectivity index (χ4v) is 2.90. The highest BCUT2D eigenvalue weighted by Gasteiger charge is 2.35. The van der Waals surface area contributed by atoms with Crippen LogP contribution in [-0.2, 0) is 9.53 Å². The number of unbranched alkanes of at least 4 members (excludes halogenated alkanes) is 4. The zero-order valence-corrected chi connectivity index (χ0v) is 14.5. The Bertz CT molecular complexity index is 384. The summed E-state index contributed by atoms with van der Waals surface area (Å²) in [6.07, 6.45) is 7.04. The van der Waals surface area contributed by atoms with Gasteiger partial charge in [0, 0.05) is 12.8 Å². The quantitative estimate of drug-likeness (QED) is 0.319. The van der Waals surface area contributed by atoms with Crippen molar-refractivity contribution in [2.75, 3.05) is 0 Å². The molecule has 1 saturated heterocycles. The van der Waals surface area contributed by atoms with E-state index in [4.69, 9.17) is 9.84 Å². The predicted octanol–water partition coefficient (Wildman–Crippen LogP) is 2.01. The van der Waals surface area contributed by atoms with Crippen LogP contribution in [0.15, 0.2) is 12.2 Å². The van der Waals surface area contributed by atoms with Crippen LogP contribution in [0.5, 0.6) is 0 Å². The minimum Gasteiger partial charge on any atom is -0.481 e. The van der Waals surface area contributed by atoms with Gasteiger partial charge in [-0.3, -0.25) is 4.79 Å². The summed E-state index contributed by atoms with van der Waals surface area (Å²) in [5.41, 5.74) is 0.